The molecule has 0 bridgehead atoms. The third kappa shape index (κ3) is 10.2. The molecular weight excluding hydrogens is 901 g/mol. The maximum absolute atomic E-state index is 13.4. The van der Waals surface area contributed by atoms with Gasteiger partial charge in [0.1, 0.15) is 5.52 Å². The van der Waals surface area contributed by atoms with Crippen molar-refractivity contribution in [2.75, 3.05) is 25.6 Å². The average Bonchev–Trinajstić information content (AvgIpc) is 3.66. The molecule has 4 atom stereocenters. The van der Waals surface area contributed by atoms with E-state index in [0.29, 0.717) is 41.1 Å². The number of ether oxygens (including phenoxy) is 2. The van der Waals surface area contributed by atoms with Gasteiger partial charge in [-0.2, -0.15) is 26.3 Å². The Kier molecular flexibility index (Phi) is 13.7. The van der Waals surface area contributed by atoms with Crippen LogP contribution in [-0.2, 0) is 57.8 Å². The van der Waals surface area contributed by atoms with E-state index >= 15 is 0 Å². The van der Waals surface area contributed by atoms with Crippen LogP contribution in [0.4, 0.5) is 26.3 Å². The number of hydrogen-bond acceptors (Lipinski definition) is 11. The van der Waals surface area contributed by atoms with E-state index in [2.05, 4.69) is 4.98 Å². The molecule has 1 N–H and O–H groups in total. The molecule has 0 radical (unpaired) electrons. The summed E-state index contributed by atoms with van der Waals surface area (Å²) in [5.74, 6) is 0.188. The van der Waals surface area contributed by atoms with Crippen molar-refractivity contribution in [1.29, 1.82) is 0 Å². The summed E-state index contributed by atoms with van der Waals surface area (Å²) in [6.45, 7) is 4.72. The Morgan fingerprint density at radius 3 is 1.60 bits per heavy atom. The summed E-state index contributed by atoms with van der Waals surface area (Å²) in [7, 11) is -11.8. The molecule has 11 nitrogen and oxygen atoms in total. The van der Waals surface area contributed by atoms with Crippen LogP contribution in [-0.4, -0.2) is 70.4 Å². The molecule has 0 amide bonds. The monoisotopic (exact) mass is 945 g/mol. The fourth-order valence-electron chi connectivity index (χ4n) is 7.58. The topological polar surface area (TPSA) is 167 Å². The van der Waals surface area contributed by atoms with E-state index < -0.39 is 91.9 Å². The molecule has 63 heavy (non-hydrogen) atoms. The van der Waals surface area contributed by atoms with Crippen molar-refractivity contribution in [2.45, 2.75) is 102 Å². The molecule has 2 aliphatic heterocycles. The Labute approximate surface area is 361 Å². The summed E-state index contributed by atoms with van der Waals surface area (Å²) in [4.78, 5) is 3.69. The highest BCUT2D eigenvalue weighted by Crippen LogP contribution is 2.45. The zero-order valence-electron chi connectivity index (χ0n) is 34.2. The summed E-state index contributed by atoms with van der Waals surface area (Å²) < 4.78 is 170. The van der Waals surface area contributed by atoms with Gasteiger partial charge in [-0.15, -0.1) is 0 Å². The molecule has 5 aromatic rings. The van der Waals surface area contributed by atoms with Crippen molar-refractivity contribution in [1.82, 2.24) is 4.98 Å². The van der Waals surface area contributed by atoms with Crippen LogP contribution in [0, 0.1) is 0 Å². The second-order valence-corrected chi connectivity index (χ2v) is 22.9. The third-order valence-corrected chi connectivity index (χ3v) is 18.3. The number of benzene rings is 4. The Balaban J connectivity index is 0.000000210. The molecule has 4 aromatic carbocycles. The van der Waals surface area contributed by atoms with Gasteiger partial charge in [-0.05, 0) is 111 Å². The van der Waals surface area contributed by atoms with Gasteiger partial charge < -0.3 is 19.0 Å². The first-order chi connectivity index (χ1) is 29.3. The predicted molar refractivity (Wildman–Crippen MR) is 219 cm³/mol. The summed E-state index contributed by atoms with van der Waals surface area (Å²) >= 11 is 0. The molecule has 0 aliphatic carbocycles. The highest BCUT2D eigenvalue weighted by Gasteiger charge is 2.47. The van der Waals surface area contributed by atoms with E-state index in [1.807, 2.05) is 13.0 Å². The lowest BCUT2D eigenvalue weighted by atomic mass is 9.92. The van der Waals surface area contributed by atoms with Gasteiger partial charge in [0.05, 0.1) is 59.9 Å². The summed E-state index contributed by atoms with van der Waals surface area (Å²) in [5.41, 5.74) is 0.586. The highest BCUT2D eigenvalue weighted by atomic mass is 32.2. The molecule has 20 heteroatoms. The van der Waals surface area contributed by atoms with E-state index in [-0.39, 0.29) is 48.7 Å². The van der Waals surface area contributed by atoms with Crippen molar-refractivity contribution in [3.8, 4) is 0 Å². The van der Waals surface area contributed by atoms with Crippen LogP contribution in [0.25, 0.3) is 11.1 Å². The van der Waals surface area contributed by atoms with Crippen LogP contribution in [0.1, 0.15) is 86.8 Å². The molecular formula is C43H45F6NO10S3. The molecule has 3 heterocycles. The predicted octanol–water partition coefficient (Wildman–Crippen LogP) is 9.05. The average molecular weight is 946 g/mol. The van der Waals surface area contributed by atoms with Gasteiger partial charge in [-0.3, -0.25) is 0 Å². The first-order valence-electron chi connectivity index (χ1n) is 19.7. The smallest absolute Gasteiger partial charge is 0.416 e. The minimum absolute atomic E-state index is 0.00564. The summed E-state index contributed by atoms with van der Waals surface area (Å²) in [5, 5.41) is 8.89. The maximum atomic E-state index is 13.4. The number of oxazole rings is 1. The number of aliphatic hydroxyl groups excluding tert-OH is 1. The first kappa shape index (κ1) is 48.1. The van der Waals surface area contributed by atoms with Crippen LogP contribution >= 0.6 is 0 Å². The number of fused-ring (bicyclic) bond motifs is 1. The Morgan fingerprint density at radius 2 is 1.14 bits per heavy atom. The quantitative estimate of drug-likeness (QED) is 0.133. The molecule has 2 saturated heterocycles. The molecule has 2 aliphatic rings. The number of rotatable bonds is 10. The van der Waals surface area contributed by atoms with E-state index in [4.69, 9.17) is 19.0 Å². The SMILES string of the molecule is CC1(S(=O)(=O)c2cccc(C(F)(F)F)c2)CCOC(c2ccc(S(=O)(=O)CCO)cc2)C1.CCc1nc2cc(C3CC(C)(S(=O)(=O)c4cccc(C(F)(F)F)c4)CCO3)ccc2o1. The minimum Gasteiger partial charge on any atom is -0.441 e. The number of hydrogen-bond donors (Lipinski definition) is 1. The van der Waals surface area contributed by atoms with Gasteiger partial charge in [0, 0.05) is 19.6 Å². The van der Waals surface area contributed by atoms with Crippen molar-refractivity contribution in [3.05, 3.63) is 119 Å². The number of alkyl halides is 6. The van der Waals surface area contributed by atoms with Gasteiger partial charge in [0.2, 0.25) is 0 Å². The number of sulfone groups is 3. The van der Waals surface area contributed by atoms with Gasteiger partial charge in [-0.25, -0.2) is 30.2 Å². The van der Waals surface area contributed by atoms with Crippen LogP contribution in [0.3, 0.4) is 0 Å². The highest BCUT2D eigenvalue weighted by molar-refractivity contribution is 7.93. The second-order valence-electron chi connectivity index (χ2n) is 15.9. The van der Waals surface area contributed by atoms with Crippen molar-refractivity contribution in [2.24, 2.45) is 0 Å². The number of nitrogens with zero attached hydrogens (tertiary/aromatic N) is 1. The lowest BCUT2D eigenvalue weighted by molar-refractivity contribution is -0.138. The van der Waals surface area contributed by atoms with E-state index in [9.17, 15) is 51.6 Å². The van der Waals surface area contributed by atoms with Crippen LogP contribution in [0.5, 0.6) is 0 Å². The van der Waals surface area contributed by atoms with Gasteiger partial charge in [0.15, 0.2) is 41.0 Å². The maximum Gasteiger partial charge on any atom is 0.416 e. The van der Waals surface area contributed by atoms with Crippen LogP contribution < -0.4 is 0 Å². The minimum atomic E-state index is -4.66. The lowest BCUT2D eigenvalue weighted by Crippen LogP contribution is -2.42. The van der Waals surface area contributed by atoms with Gasteiger partial charge >= 0.3 is 12.4 Å². The van der Waals surface area contributed by atoms with Crippen LogP contribution in [0.2, 0.25) is 0 Å². The van der Waals surface area contributed by atoms with E-state index in [1.165, 1.54) is 37.3 Å². The normalized spacial score (nSPS) is 22.6. The van der Waals surface area contributed by atoms with Crippen molar-refractivity contribution < 1.29 is 70.6 Å². The number of aryl methyl sites for hydroxylation is 1. The fourth-order valence-corrected chi connectivity index (χ4v) is 12.3. The van der Waals surface area contributed by atoms with Gasteiger partial charge in [-0.1, -0.05) is 37.3 Å². The Bertz CT molecular complexity index is 2780. The molecule has 1 aromatic heterocycles. The molecule has 0 saturated carbocycles. The summed E-state index contributed by atoms with van der Waals surface area (Å²) in [6.07, 6.45) is -9.42. The standard InChI is InChI=1S/C22H22F3NO4S.C21H23F3O6S2/c1-3-20-26-17-11-14(7-8-18(17)30-20)19-13-21(2,9-10-29-19)31(27,28)16-6-4-5-15(12-16)22(23,24)25;1-20(32(28,29)18-4-2-3-16(13-18)21(22,23)24)9-11-30-19(14-20)15-5-7-17(8-6-15)31(26,27)12-10-25/h4-8,11-12,19H,3,9-10,13H2,1-2H3;2-8,13,19,25H,9-12,14H2,1H3. The number of halogens is 6. The Hall–Kier alpha value is -4.34. The lowest BCUT2D eigenvalue weighted by Gasteiger charge is -2.38. The molecule has 2 fully saturated rings. The Morgan fingerprint density at radius 1 is 0.667 bits per heavy atom. The second kappa shape index (κ2) is 17.9. The third-order valence-electron chi connectivity index (χ3n) is 11.5. The number of aromatic nitrogens is 1. The largest absolute Gasteiger partial charge is 0.441 e. The first-order valence-corrected chi connectivity index (χ1v) is 24.4. The summed E-state index contributed by atoms with van der Waals surface area (Å²) in [6, 6.07) is 18.7. The molecule has 342 valence electrons. The van der Waals surface area contributed by atoms with Crippen molar-refractivity contribution in [3.63, 3.8) is 0 Å². The fraction of sp³-hybridized carbons (Fsp3) is 0.419. The molecule has 0 spiro atoms. The van der Waals surface area contributed by atoms with E-state index in [1.54, 1.807) is 19.1 Å². The van der Waals surface area contributed by atoms with Gasteiger partial charge in [0.25, 0.3) is 0 Å². The van der Waals surface area contributed by atoms with Crippen LogP contribution in [0.15, 0.2) is 110 Å². The molecule has 7 rings (SSSR count). The molecule has 4 unspecified atom stereocenters. The van der Waals surface area contributed by atoms with E-state index in [0.717, 1.165) is 35.9 Å². The van der Waals surface area contributed by atoms with Crippen molar-refractivity contribution >= 4 is 40.6 Å². The zero-order chi connectivity index (χ0) is 46.2. The number of aliphatic hydroxyl groups is 1. The zero-order valence-corrected chi connectivity index (χ0v) is 36.7.